The average molecular weight is 621 g/mol. The zero-order valence-corrected chi connectivity index (χ0v) is 25.4. The standard InChI is InChI=1S/C46H30N2/c1-3-14-31(15-4-1)33-17-13-18-34(28-33)36-21-9-11-24-41(36)48-42-25-12-10-23-38(42)39-29-40-45(30-44(39)48)47(35-19-5-2-6-20-35)43-27-26-32-16-7-8-22-37(32)46(40)43/h1-30H/i1D,2D,3D,4D,5D,6D,14D,15D,19D,20D. The van der Waals surface area contributed by atoms with Gasteiger partial charge in [0.15, 0.2) is 0 Å². The largest absolute Gasteiger partial charge is 0.309 e. The summed E-state index contributed by atoms with van der Waals surface area (Å²) in [5.74, 6) is 0. The van der Waals surface area contributed by atoms with Crippen molar-refractivity contribution in [3.63, 3.8) is 0 Å². The van der Waals surface area contributed by atoms with Crippen LogP contribution in [0, 0.1) is 0 Å². The third kappa shape index (κ3) is 4.00. The van der Waals surface area contributed by atoms with Crippen LogP contribution in [-0.2, 0) is 0 Å². The highest BCUT2D eigenvalue weighted by Crippen LogP contribution is 2.43. The van der Waals surface area contributed by atoms with Gasteiger partial charge in [-0.2, -0.15) is 0 Å². The van der Waals surface area contributed by atoms with Crippen molar-refractivity contribution < 1.29 is 13.7 Å². The summed E-state index contributed by atoms with van der Waals surface area (Å²) < 4.78 is 89.6. The molecule has 0 saturated heterocycles. The summed E-state index contributed by atoms with van der Waals surface area (Å²) in [6, 6.07) is 35.8. The zero-order valence-electron chi connectivity index (χ0n) is 35.4. The molecule has 0 saturated carbocycles. The fraction of sp³-hybridized carbons (Fsp3) is 0. The van der Waals surface area contributed by atoms with Gasteiger partial charge in [-0.25, -0.2) is 0 Å². The van der Waals surface area contributed by atoms with Gasteiger partial charge in [-0.1, -0.05) is 133 Å². The van der Waals surface area contributed by atoms with Crippen molar-refractivity contribution in [3.05, 3.63) is 182 Å². The third-order valence-electron chi connectivity index (χ3n) is 9.27. The summed E-state index contributed by atoms with van der Waals surface area (Å²) in [4.78, 5) is 0. The lowest BCUT2D eigenvalue weighted by Crippen LogP contribution is -1.98. The van der Waals surface area contributed by atoms with E-state index in [1.807, 2.05) is 97.1 Å². The van der Waals surface area contributed by atoms with Crippen LogP contribution < -0.4 is 0 Å². The van der Waals surface area contributed by atoms with E-state index in [-0.39, 0.29) is 35.4 Å². The van der Waals surface area contributed by atoms with Crippen molar-refractivity contribution in [3.8, 4) is 33.6 Å². The quantitative estimate of drug-likeness (QED) is 0.185. The van der Waals surface area contributed by atoms with Gasteiger partial charge < -0.3 is 9.13 Å². The predicted octanol–water partition coefficient (Wildman–Crippen LogP) is 12.4. The minimum Gasteiger partial charge on any atom is -0.309 e. The summed E-state index contributed by atoms with van der Waals surface area (Å²) in [6.07, 6.45) is 0. The molecule has 0 aliphatic heterocycles. The van der Waals surface area contributed by atoms with E-state index in [2.05, 4.69) is 22.8 Å². The van der Waals surface area contributed by atoms with E-state index in [0.717, 1.165) is 60.2 Å². The monoisotopic (exact) mass is 620 g/mol. The molecule has 0 aliphatic rings. The fourth-order valence-electron chi connectivity index (χ4n) is 7.25. The SMILES string of the molecule is [2H]c1c([2H])c([2H])c(-c2cccc(-c3ccccc3-n3c4ccccc4c4cc5c6c7ccccc7ccc6n(-c6c([2H])c([2H])c([2H])c([2H])c6[2H])c5cc43)c2)c([2H])c1[2H]. The Morgan fingerprint density at radius 3 is 1.98 bits per heavy atom. The summed E-state index contributed by atoms with van der Waals surface area (Å²) in [5.41, 5.74) is 6.22. The number of fused-ring (bicyclic) bond motifs is 8. The van der Waals surface area contributed by atoms with Crippen molar-refractivity contribution in [2.24, 2.45) is 0 Å². The Balaban J connectivity index is 1.31. The Bertz CT molecular complexity index is 3360. The Morgan fingerprint density at radius 2 is 1.10 bits per heavy atom. The van der Waals surface area contributed by atoms with E-state index in [1.165, 1.54) is 0 Å². The van der Waals surface area contributed by atoms with Gasteiger partial charge in [0.25, 0.3) is 0 Å². The van der Waals surface area contributed by atoms with Gasteiger partial charge in [-0.05, 0) is 75.9 Å². The molecule has 0 bridgehead atoms. The molecule has 0 aliphatic carbocycles. The molecule has 0 radical (unpaired) electrons. The van der Waals surface area contributed by atoms with E-state index < -0.39 is 36.3 Å². The molecule has 2 aromatic heterocycles. The molecule has 224 valence electrons. The Hall–Kier alpha value is -6.38. The van der Waals surface area contributed by atoms with Gasteiger partial charge in [0.1, 0.15) is 0 Å². The van der Waals surface area contributed by atoms with Crippen molar-refractivity contribution in [1.29, 1.82) is 0 Å². The van der Waals surface area contributed by atoms with Crippen molar-refractivity contribution >= 4 is 54.4 Å². The lowest BCUT2D eigenvalue weighted by Gasteiger charge is -2.15. The van der Waals surface area contributed by atoms with Crippen molar-refractivity contribution in [1.82, 2.24) is 9.13 Å². The molecule has 2 heterocycles. The minimum atomic E-state index is -0.459. The molecular formula is C46H30N2. The van der Waals surface area contributed by atoms with Crippen molar-refractivity contribution in [2.45, 2.75) is 0 Å². The van der Waals surface area contributed by atoms with Crippen LogP contribution >= 0.6 is 0 Å². The van der Waals surface area contributed by atoms with Crippen LogP contribution in [-0.4, -0.2) is 9.13 Å². The molecule has 8 aromatic carbocycles. The van der Waals surface area contributed by atoms with E-state index >= 15 is 0 Å². The second-order valence-electron chi connectivity index (χ2n) is 11.8. The van der Waals surface area contributed by atoms with Crippen LogP contribution in [0.4, 0.5) is 0 Å². The molecule has 10 aromatic rings. The number of benzene rings is 8. The number of rotatable bonds is 4. The van der Waals surface area contributed by atoms with Gasteiger partial charge >= 0.3 is 0 Å². The lowest BCUT2D eigenvalue weighted by molar-refractivity contribution is 1.17. The molecule has 0 N–H and O–H groups in total. The number of para-hydroxylation sites is 3. The van der Waals surface area contributed by atoms with Gasteiger partial charge in [-0.3, -0.25) is 0 Å². The molecule has 2 nitrogen and oxygen atoms in total. The first-order chi connectivity index (χ1) is 28.0. The van der Waals surface area contributed by atoms with Crippen LogP contribution in [0.15, 0.2) is 182 Å². The molecular weight excluding hydrogens is 581 g/mol. The van der Waals surface area contributed by atoms with Gasteiger partial charge in [0.2, 0.25) is 0 Å². The number of nitrogens with zero attached hydrogens (tertiary/aromatic N) is 2. The summed E-state index contributed by atoms with van der Waals surface area (Å²) in [6.45, 7) is 0. The number of aromatic nitrogens is 2. The molecule has 2 heteroatoms. The number of hydrogen-bond donors (Lipinski definition) is 0. The highest BCUT2D eigenvalue weighted by molar-refractivity contribution is 6.25. The van der Waals surface area contributed by atoms with Crippen LogP contribution in [0.5, 0.6) is 0 Å². The maximum Gasteiger partial charge on any atom is 0.0645 e. The third-order valence-corrected chi connectivity index (χ3v) is 9.27. The Morgan fingerprint density at radius 1 is 0.396 bits per heavy atom. The van der Waals surface area contributed by atoms with Crippen molar-refractivity contribution in [2.75, 3.05) is 0 Å². The highest BCUT2D eigenvalue weighted by atomic mass is 15.0. The van der Waals surface area contributed by atoms with Gasteiger partial charge in [0, 0.05) is 32.8 Å². The van der Waals surface area contributed by atoms with Gasteiger partial charge in [-0.15, -0.1) is 0 Å². The summed E-state index contributed by atoms with van der Waals surface area (Å²) in [7, 11) is 0. The average Bonchev–Trinajstić information content (AvgIpc) is 3.75. The first-order valence-electron chi connectivity index (χ1n) is 20.7. The summed E-state index contributed by atoms with van der Waals surface area (Å²) >= 11 is 0. The fourth-order valence-corrected chi connectivity index (χ4v) is 7.25. The van der Waals surface area contributed by atoms with Gasteiger partial charge in [0.05, 0.1) is 41.5 Å². The molecule has 0 atom stereocenters. The molecule has 48 heavy (non-hydrogen) atoms. The van der Waals surface area contributed by atoms with E-state index in [0.29, 0.717) is 16.6 Å². The maximum atomic E-state index is 9.06. The minimum absolute atomic E-state index is 0.0631. The van der Waals surface area contributed by atoms with E-state index in [1.54, 1.807) is 10.6 Å². The predicted molar refractivity (Wildman–Crippen MR) is 203 cm³/mol. The topological polar surface area (TPSA) is 9.86 Å². The normalized spacial score (nSPS) is 14.7. The molecule has 10 rings (SSSR count). The van der Waals surface area contributed by atoms with Crippen LogP contribution in [0.25, 0.3) is 88.0 Å². The Labute approximate surface area is 292 Å². The second-order valence-corrected chi connectivity index (χ2v) is 11.8. The first kappa shape index (κ1) is 18.7. The van der Waals surface area contributed by atoms with Crippen LogP contribution in [0.3, 0.4) is 0 Å². The second kappa shape index (κ2) is 10.6. The Kier molecular flexibility index (Phi) is 4.12. The van der Waals surface area contributed by atoms with E-state index in [4.69, 9.17) is 13.7 Å². The molecule has 0 fully saturated rings. The van der Waals surface area contributed by atoms with E-state index in [9.17, 15) is 0 Å². The van der Waals surface area contributed by atoms with Crippen LogP contribution in [0.1, 0.15) is 13.7 Å². The first-order valence-corrected chi connectivity index (χ1v) is 15.7. The lowest BCUT2D eigenvalue weighted by atomic mass is 9.98. The maximum absolute atomic E-state index is 9.06. The number of hydrogen-bond acceptors (Lipinski definition) is 0. The van der Waals surface area contributed by atoms with Crippen LogP contribution in [0.2, 0.25) is 0 Å². The molecule has 0 unspecified atom stereocenters. The molecule has 0 spiro atoms. The summed E-state index contributed by atoms with van der Waals surface area (Å²) in [5, 5.41) is 5.71. The highest BCUT2D eigenvalue weighted by Gasteiger charge is 2.21. The zero-order chi connectivity index (χ0) is 40.3. The smallest absolute Gasteiger partial charge is 0.0645 e. The molecule has 0 amide bonds.